The molecular weight excluding hydrogens is 701 g/mol. The maximum atomic E-state index is 12.9. The van der Waals surface area contributed by atoms with Crippen LogP contribution in [-0.2, 0) is 0 Å². The summed E-state index contributed by atoms with van der Waals surface area (Å²) < 4.78 is 6.93. The van der Waals surface area contributed by atoms with Crippen molar-refractivity contribution in [1.82, 2.24) is 48.2 Å². The summed E-state index contributed by atoms with van der Waals surface area (Å²) in [5.74, 6) is 0. The highest BCUT2D eigenvalue weighted by molar-refractivity contribution is 5.71. The summed E-state index contributed by atoms with van der Waals surface area (Å²) in [6, 6.07) is 23.1. The number of aromatic nitrogens is 8. The van der Waals surface area contributed by atoms with Crippen LogP contribution in [0.1, 0.15) is 42.3 Å². The SMILES string of the molecule is CCN1CC=C(c2ccc3nc(-c4ccn5nc(C)cc5c4)cc(=O)n3c2)CC1.Cc1cc2cc(-c3cc(=O)n4cc(C5=CCNCC5)ccc4n3)ccn2n1. The smallest absolute Gasteiger partial charge is 0.258 e. The number of aryl methyl sites for hydroxylation is 2. The quantitative estimate of drug-likeness (QED) is 0.224. The molecule has 0 aliphatic carbocycles. The molecule has 280 valence electrons. The van der Waals surface area contributed by atoms with Crippen molar-refractivity contribution in [3.8, 4) is 22.5 Å². The van der Waals surface area contributed by atoms with Gasteiger partial charge < -0.3 is 5.32 Å². The number of pyridine rings is 4. The lowest BCUT2D eigenvalue weighted by Crippen LogP contribution is -2.28. The van der Waals surface area contributed by atoms with Crippen molar-refractivity contribution in [1.29, 1.82) is 0 Å². The van der Waals surface area contributed by atoms with E-state index >= 15 is 0 Å². The van der Waals surface area contributed by atoms with Crippen LogP contribution < -0.4 is 16.4 Å². The van der Waals surface area contributed by atoms with E-state index in [4.69, 9.17) is 9.97 Å². The van der Waals surface area contributed by atoms with Crippen molar-refractivity contribution in [2.45, 2.75) is 33.6 Å². The molecule has 0 atom stereocenters. The molecule has 1 N–H and O–H groups in total. The normalized spacial score (nSPS) is 14.9. The fourth-order valence-corrected chi connectivity index (χ4v) is 7.59. The van der Waals surface area contributed by atoms with Crippen molar-refractivity contribution in [3.63, 3.8) is 0 Å². The topological polar surface area (TPSA) is 119 Å². The number of hydrogen-bond acceptors (Lipinski definition) is 8. The van der Waals surface area contributed by atoms with Crippen LogP contribution in [0.2, 0.25) is 0 Å². The Morgan fingerprint density at radius 2 is 1.20 bits per heavy atom. The van der Waals surface area contributed by atoms with Crippen molar-refractivity contribution < 1.29 is 0 Å². The number of rotatable bonds is 5. The lowest BCUT2D eigenvalue weighted by atomic mass is 10.0. The molecule has 0 unspecified atom stereocenters. The number of nitrogens with zero attached hydrogens (tertiary/aromatic N) is 9. The lowest BCUT2D eigenvalue weighted by Gasteiger charge is -2.25. The van der Waals surface area contributed by atoms with Crippen LogP contribution in [0.25, 0.3) is 56.0 Å². The molecule has 0 bridgehead atoms. The number of fused-ring (bicyclic) bond motifs is 4. The van der Waals surface area contributed by atoms with Gasteiger partial charge in [0.1, 0.15) is 11.3 Å². The Labute approximate surface area is 322 Å². The van der Waals surface area contributed by atoms with Crippen LogP contribution in [0.4, 0.5) is 0 Å². The average Bonchev–Trinajstić information content (AvgIpc) is 3.80. The Hall–Kier alpha value is -6.50. The van der Waals surface area contributed by atoms with Gasteiger partial charge in [0.25, 0.3) is 11.1 Å². The van der Waals surface area contributed by atoms with E-state index < -0.39 is 0 Å². The summed E-state index contributed by atoms with van der Waals surface area (Å²) in [5.41, 5.74) is 13.0. The van der Waals surface area contributed by atoms with Crippen LogP contribution in [-0.4, -0.2) is 75.6 Å². The van der Waals surface area contributed by atoms with E-state index in [0.29, 0.717) is 22.7 Å². The molecule has 8 aromatic rings. The molecule has 0 radical (unpaired) electrons. The molecule has 10 rings (SSSR count). The van der Waals surface area contributed by atoms with Gasteiger partial charge in [0.15, 0.2) is 0 Å². The summed E-state index contributed by atoms with van der Waals surface area (Å²) >= 11 is 0. The summed E-state index contributed by atoms with van der Waals surface area (Å²) in [7, 11) is 0. The van der Waals surface area contributed by atoms with Crippen molar-refractivity contribution in [2.75, 3.05) is 32.7 Å². The molecule has 2 aliphatic rings. The van der Waals surface area contributed by atoms with Crippen LogP contribution in [0.3, 0.4) is 0 Å². The second kappa shape index (κ2) is 14.6. The van der Waals surface area contributed by atoms with E-state index in [1.165, 1.54) is 11.1 Å². The molecule has 10 heterocycles. The molecule has 0 saturated heterocycles. The summed E-state index contributed by atoms with van der Waals surface area (Å²) in [6.07, 6.45) is 14.0. The predicted octanol–water partition coefficient (Wildman–Crippen LogP) is 6.12. The zero-order chi connectivity index (χ0) is 38.3. The lowest BCUT2D eigenvalue weighted by molar-refractivity contribution is 0.318. The highest BCUT2D eigenvalue weighted by atomic mass is 16.1. The van der Waals surface area contributed by atoms with E-state index in [1.807, 2.05) is 102 Å². The van der Waals surface area contributed by atoms with Crippen LogP contribution in [0.5, 0.6) is 0 Å². The van der Waals surface area contributed by atoms with Gasteiger partial charge in [0.05, 0.1) is 33.8 Å². The first-order valence-electron chi connectivity index (χ1n) is 19.1. The largest absolute Gasteiger partial charge is 0.313 e. The van der Waals surface area contributed by atoms with E-state index in [2.05, 4.69) is 45.6 Å². The third kappa shape index (κ3) is 6.96. The molecule has 0 aromatic carbocycles. The number of likely N-dealkylation sites (N-methyl/N-ethyl adjacent to an activating group) is 1. The summed E-state index contributed by atoms with van der Waals surface area (Å²) in [4.78, 5) is 37.5. The highest BCUT2D eigenvalue weighted by Gasteiger charge is 2.14. The van der Waals surface area contributed by atoms with Crippen molar-refractivity contribution in [3.05, 3.63) is 153 Å². The van der Waals surface area contributed by atoms with Gasteiger partial charge in [-0.2, -0.15) is 10.2 Å². The molecule has 12 heteroatoms. The van der Waals surface area contributed by atoms with E-state index in [1.54, 1.807) is 20.9 Å². The molecular formula is C44H42N10O2. The van der Waals surface area contributed by atoms with Gasteiger partial charge in [-0.3, -0.25) is 23.3 Å². The van der Waals surface area contributed by atoms with E-state index in [9.17, 15) is 9.59 Å². The van der Waals surface area contributed by atoms with Gasteiger partial charge in [0.2, 0.25) is 0 Å². The Morgan fingerprint density at radius 1 is 0.643 bits per heavy atom. The molecule has 0 saturated carbocycles. The average molecular weight is 743 g/mol. The van der Waals surface area contributed by atoms with Gasteiger partial charge in [0, 0.05) is 67.7 Å². The molecule has 12 nitrogen and oxygen atoms in total. The van der Waals surface area contributed by atoms with Crippen molar-refractivity contribution in [2.24, 2.45) is 0 Å². The van der Waals surface area contributed by atoms with Crippen LogP contribution in [0, 0.1) is 13.8 Å². The molecule has 8 aromatic heterocycles. The fraction of sp³-hybridized carbons (Fsp3) is 0.227. The minimum absolute atomic E-state index is 0.0667. The molecule has 0 amide bonds. The monoisotopic (exact) mass is 742 g/mol. The second-order valence-corrected chi connectivity index (χ2v) is 14.4. The van der Waals surface area contributed by atoms with E-state index in [0.717, 1.165) is 90.2 Å². The van der Waals surface area contributed by atoms with Gasteiger partial charge >= 0.3 is 0 Å². The standard InChI is InChI=1S/C23H23N5O.C21H19N5O/c1-3-26-9-6-17(7-10-26)19-4-5-22-24-21(14-23(29)27(22)15-19)18-8-11-28-20(13-18)12-16(2)25-28;1-14-10-18-11-16(6-9-26(18)24-14)19-12-21(27)25-13-17(2-3-20(25)23-19)15-4-7-22-8-5-15/h4-6,8,11-15H,3,7,9-10H2,1-2H3;2-4,6,9-13,22H,5,7-8H2,1H3. The van der Waals surface area contributed by atoms with Gasteiger partial charge in [-0.25, -0.2) is 19.0 Å². The summed E-state index contributed by atoms with van der Waals surface area (Å²) in [5, 5.41) is 12.1. The highest BCUT2D eigenvalue weighted by Crippen LogP contribution is 2.25. The fourth-order valence-electron chi connectivity index (χ4n) is 7.59. The Morgan fingerprint density at radius 3 is 1.68 bits per heavy atom. The molecule has 0 fully saturated rings. The van der Waals surface area contributed by atoms with Gasteiger partial charge in [-0.1, -0.05) is 19.1 Å². The Bertz CT molecular complexity index is 2980. The van der Waals surface area contributed by atoms with Gasteiger partial charge in [-0.15, -0.1) is 0 Å². The van der Waals surface area contributed by atoms with Crippen LogP contribution in [0.15, 0.2) is 119 Å². The van der Waals surface area contributed by atoms with Gasteiger partial charge in [-0.05, 0) is 123 Å². The first-order chi connectivity index (χ1) is 27.3. The summed E-state index contributed by atoms with van der Waals surface area (Å²) in [6.45, 7) is 11.0. The second-order valence-electron chi connectivity index (χ2n) is 14.4. The number of nitrogens with one attached hydrogen (secondary N) is 1. The molecule has 56 heavy (non-hydrogen) atoms. The first-order valence-corrected chi connectivity index (χ1v) is 19.1. The maximum absolute atomic E-state index is 12.9. The zero-order valence-electron chi connectivity index (χ0n) is 31.7. The van der Waals surface area contributed by atoms with Crippen LogP contribution >= 0.6 is 0 Å². The van der Waals surface area contributed by atoms with E-state index in [-0.39, 0.29) is 11.1 Å². The molecule has 2 aliphatic heterocycles. The maximum Gasteiger partial charge on any atom is 0.258 e. The Kier molecular flexibility index (Phi) is 9.20. The number of hydrogen-bond donors (Lipinski definition) is 1. The Balaban J connectivity index is 0.000000147. The third-order valence-electron chi connectivity index (χ3n) is 10.6. The zero-order valence-corrected chi connectivity index (χ0v) is 31.7. The predicted molar refractivity (Wildman–Crippen MR) is 221 cm³/mol. The minimum atomic E-state index is -0.0732. The molecule has 0 spiro atoms. The van der Waals surface area contributed by atoms with Crippen molar-refractivity contribution >= 4 is 33.5 Å². The minimum Gasteiger partial charge on any atom is -0.313 e. The first kappa shape index (κ1) is 35.2. The third-order valence-corrected chi connectivity index (χ3v) is 10.6.